The van der Waals surface area contributed by atoms with E-state index in [2.05, 4.69) is 17.6 Å². The largest absolute Gasteiger partial charge is 0.394 e. The van der Waals surface area contributed by atoms with Crippen molar-refractivity contribution < 1.29 is 80.2 Å². The van der Waals surface area contributed by atoms with Gasteiger partial charge in [0, 0.05) is 95.7 Å². The smallest absolute Gasteiger partial charge is 0.381 e. The minimum atomic E-state index is -4.52. The van der Waals surface area contributed by atoms with Crippen LogP contribution in [0.25, 0.3) is 0 Å². The molecule has 8 aliphatic rings. The van der Waals surface area contributed by atoms with Crippen LogP contribution in [0.4, 0.5) is 13.2 Å². The Balaban J connectivity index is 1.21. The number of fused-ring (bicyclic) bond motifs is 3. The first-order valence-corrected chi connectivity index (χ1v) is 39.8. The van der Waals surface area contributed by atoms with Gasteiger partial charge in [-0.2, -0.15) is 13.2 Å². The fourth-order valence-corrected chi connectivity index (χ4v) is 17.9. The zero-order valence-electron chi connectivity index (χ0n) is 66.2. The predicted octanol–water partition coefficient (Wildman–Crippen LogP) is 6.17. The van der Waals surface area contributed by atoms with Crippen LogP contribution in [-0.4, -0.2) is 294 Å². The summed E-state index contributed by atoms with van der Waals surface area (Å²) in [7, 11) is 13.0. The molecule has 3 unspecified atom stereocenters. The van der Waals surface area contributed by atoms with Crippen molar-refractivity contribution in [2.75, 3.05) is 96.3 Å². The summed E-state index contributed by atoms with van der Waals surface area (Å²) >= 11 is 0. The Labute approximate surface area is 631 Å². The van der Waals surface area contributed by atoms with Crippen molar-refractivity contribution in [1.29, 1.82) is 0 Å². The maximum Gasteiger partial charge on any atom is 0.394 e. The van der Waals surface area contributed by atoms with Gasteiger partial charge in [-0.05, 0) is 139 Å². The lowest BCUT2D eigenvalue weighted by Crippen LogP contribution is -2.68. The number of alkyl halides is 3. The first-order chi connectivity index (χ1) is 50.6. The van der Waals surface area contributed by atoms with Crippen molar-refractivity contribution >= 4 is 70.9 Å². The molecule has 7 fully saturated rings. The first kappa shape index (κ1) is 85.7. The van der Waals surface area contributed by atoms with Crippen molar-refractivity contribution in [3.8, 4) is 0 Å². The minimum Gasteiger partial charge on any atom is -0.381 e. The van der Waals surface area contributed by atoms with Crippen molar-refractivity contribution in [2.24, 2.45) is 35.5 Å². The summed E-state index contributed by atoms with van der Waals surface area (Å²) in [6, 6.07) is -10.3. The second-order valence-electron chi connectivity index (χ2n) is 32.7. The molecule has 3 heterocycles. The topological polar surface area (TPSA) is 280 Å². The Morgan fingerprint density at radius 3 is 1.92 bits per heavy atom. The average molecular weight is 1510 g/mol. The number of carbonyl (C=O) groups excluding carboxylic acids is 12. The van der Waals surface area contributed by atoms with Gasteiger partial charge in [-0.1, -0.05) is 91.2 Å². The van der Waals surface area contributed by atoms with Gasteiger partial charge in [0.25, 0.3) is 0 Å². The van der Waals surface area contributed by atoms with Crippen molar-refractivity contribution in [3.05, 3.63) is 12.2 Å². The molecule has 1 spiro atoms. The van der Waals surface area contributed by atoms with Crippen molar-refractivity contribution in [1.82, 2.24) is 59.6 Å². The highest BCUT2D eigenvalue weighted by molar-refractivity contribution is 6.01. The average Bonchev–Trinajstić information content (AvgIpc) is 1.64. The molecule has 2 saturated heterocycles. The molecular formula is C78H125F3N12O14. The molecular weight excluding hydrogens is 1390 g/mol. The van der Waals surface area contributed by atoms with Crippen LogP contribution < -0.4 is 10.6 Å². The molecule has 3 aliphatic heterocycles. The Morgan fingerprint density at radius 1 is 0.664 bits per heavy atom. The standard InChI is InChI=1S/C78H125F3N12O14/c1-15-24-57-68(97)83-66(49(5)16-2)74(103)92(53-34-35-53)47-65(96)87(10)58-27-19-18-22-40-91(73(58)102)60(41-50-30-28-48(4)29-31-50)71(100)85(8)46-63(94)82-56(37-33-51-32-36-55(78(79,80)81)62(42-51)106-14)69(98)93-45-54(107-17-3)43-61(93)72(101)90(13)77(38-23-39-77)76(105)89(12)67(52-25-20-21-26-52)75(104)88(11)59(70(99)84(6)7)44-64(95)86(57)9/h18-19,48-62,66-67H,15-17,20-47H2,1-14H3,(H,82,94)(H,83,97)/b19-18-/t48?,49-,50?,51?,54+,55?,56-,57-,58-,59-,60-,61-,62?,66-,67-/m0/s1. The van der Waals surface area contributed by atoms with E-state index in [1.807, 2.05) is 32.9 Å². The quantitative estimate of drug-likeness (QED) is 0.174. The first-order valence-electron chi connectivity index (χ1n) is 39.8. The molecule has 0 aromatic rings. The van der Waals surface area contributed by atoms with E-state index in [1.165, 1.54) is 112 Å². The predicted molar refractivity (Wildman–Crippen MR) is 394 cm³/mol. The molecule has 0 aromatic carbocycles. The Kier molecular flexibility index (Phi) is 30.2. The summed E-state index contributed by atoms with van der Waals surface area (Å²) in [5.41, 5.74) is -1.54. The summed E-state index contributed by atoms with van der Waals surface area (Å²) < 4.78 is 54.6. The number of ether oxygens (including phenoxy) is 2. The third-order valence-electron chi connectivity index (χ3n) is 25.3. The van der Waals surface area contributed by atoms with E-state index < -0.39 is 180 Å². The molecule has 8 rings (SSSR count). The fraction of sp³-hybridized carbons (Fsp3) is 0.821. The molecule has 5 aliphatic carbocycles. The van der Waals surface area contributed by atoms with Crippen LogP contribution in [0.1, 0.15) is 202 Å². The van der Waals surface area contributed by atoms with Gasteiger partial charge in [-0.15, -0.1) is 0 Å². The molecule has 2 bridgehead atoms. The van der Waals surface area contributed by atoms with Gasteiger partial charge in [-0.3, -0.25) is 57.5 Å². The lowest BCUT2D eigenvalue weighted by atomic mass is 9.73. The Morgan fingerprint density at radius 2 is 1.33 bits per heavy atom. The third kappa shape index (κ3) is 20.2. The zero-order chi connectivity index (χ0) is 78.7. The van der Waals surface area contributed by atoms with E-state index in [-0.39, 0.29) is 108 Å². The monoisotopic (exact) mass is 1510 g/mol. The lowest BCUT2D eigenvalue weighted by Gasteiger charge is -2.51. The van der Waals surface area contributed by atoms with E-state index in [4.69, 9.17) is 9.47 Å². The number of likely N-dealkylation sites (N-methyl/N-ethyl adjacent to an activating group) is 7. The second kappa shape index (κ2) is 37.7. The third-order valence-corrected chi connectivity index (χ3v) is 25.3. The molecule has 26 nitrogen and oxygen atoms in total. The van der Waals surface area contributed by atoms with Crippen LogP contribution in [-0.2, 0) is 67.0 Å². The minimum absolute atomic E-state index is 0.000886. The normalized spacial score (nSPS) is 32.0. The highest BCUT2D eigenvalue weighted by Crippen LogP contribution is 2.45. The molecule has 2 N–H and O–H groups in total. The number of hydrogen-bond donors (Lipinski definition) is 2. The van der Waals surface area contributed by atoms with E-state index in [9.17, 15) is 32.3 Å². The van der Waals surface area contributed by atoms with E-state index >= 15 is 38.4 Å². The number of amides is 12. The number of nitrogens with zero attached hydrogens (tertiary/aromatic N) is 10. The van der Waals surface area contributed by atoms with Gasteiger partial charge in [-0.25, -0.2) is 0 Å². The van der Waals surface area contributed by atoms with Crippen LogP contribution in [0.2, 0.25) is 0 Å². The number of nitrogens with one attached hydrogen (secondary N) is 2. The molecule has 107 heavy (non-hydrogen) atoms. The van der Waals surface area contributed by atoms with Crippen molar-refractivity contribution in [3.63, 3.8) is 0 Å². The lowest BCUT2D eigenvalue weighted by molar-refractivity contribution is -0.215. The van der Waals surface area contributed by atoms with Gasteiger partial charge in [0.15, 0.2) is 0 Å². The van der Waals surface area contributed by atoms with Gasteiger partial charge in [0.05, 0.1) is 31.1 Å². The molecule has 0 aromatic heterocycles. The number of methoxy groups -OCH3 is 1. The van der Waals surface area contributed by atoms with Crippen LogP contribution in [0.5, 0.6) is 0 Å². The van der Waals surface area contributed by atoms with Gasteiger partial charge in [0.2, 0.25) is 70.9 Å². The zero-order valence-corrected chi connectivity index (χ0v) is 66.2. The SMILES string of the molecule is CCC[C@H]1C(=O)N[C@@H]([C@@H](C)CC)C(=O)N(C2CC2)CC(=O)N(C)[C@H]2C/C=C\CCN(C2=O)[C@@H](CC2CCC(C)CC2)C(=O)N(C)CC(=O)N[C@@H](CCC2CCC(C(F)(F)F)C(OC)C2)C(=O)N2C[C@H](OCC)C[C@H]2C(=O)N(C)C2(CCC2)C(=O)N(C)[C@@H](C2CCCC2)C(=O)N(C)[C@H](C(=O)N(C)C)CC(=O)N1C. The van der Waals surface area contributed by atoms with E-state index in [0.717, 1.165) is 38.5 Å². The summed E-state index contributed by atoms with van der Waals surface area (Å²) in [6.07, 6.45) is 6.27. The molecule has 12 amide bonds. The van der Waals surface area contributed by atoms with Crippen LogP contribution in [0, 0.1) is 35.5 Å². The molecule has 602 valence electrons. The molecule has 13 atom stereocenters. The number of rotatable bonds is 15. The maximum atomic E-state index is 15.8. The van der Waals surface area contributed by atoms with Crippen LogP contribution >= 0.6 is 0 Å². The van der Waals surface area contributed by atoms with Gasteiger partial charge in [0.1, 0.15) is 60.4 Å². The second-order valence-corrected chi connectivity index (χ2v) is 32.7. The van der Waals surface area contributed by atoms with Crippen molar-refractivity contribution in [2.45, 2.75) is 280 Å². The number of carbonyl (C=O) groups is 12. The summed E-state index contributed by atoms with van der Waals surface area (Å²) in [6.45, 7) is 8.54. The molecule has 5 saturated carbocycles. The molecule has 0 radical (unpaired) electrons. The van der Waals surface area contributed by atoms with E-state index in [1.54, 1.807) is 6.92 Å². The number of halogens is 3. The summed E-state index contributed by atoms with van der Waals surface area (Å²) in [5, 5.41) is 5.89. The maximum absolute atomic E-state index is 15.8. The van der Waals surface area contributed by atoms with Crippen LogP contribution in [0.3, 0.4) is 0 Å². The van der Waals surface area contributed by atoms with Gasteiger partial charge < -0.3 is 69.1 Å². The van der Waals surface area contributed by atoms with E-state index in [0.29, 0.717) is 57.3 Å². The van der Waals surface area contributed by atoms with Gasteiger partial charge >= 0.3 is 6.18 Å². The molecule has 29 heteroatoms. The van der Waals surface area contributed by atoms with Crippen LogP contribution in [0.15, 0.2) is 12.2 Å². The highest BCUT2D eigenvalue weighted by atomic mass is 19.4. The summed E-state index contributed by atoms with van der Waals surface area (Å²) in [4.78, 5) is 197. The Hall–Kier alpha value is -6.91. The Bertz CT molecular complexity index is 3190. The highest BCUT2D eigenvalue weighted by Gasteiger charge is 2.57. The number of hydrogen-bond acceptors (Lipinski definition) is 14. The fourth-order valence-electron chi connectivity index (χ4n) is 17.9. The summed E-state index contributed by atoms with van der Waals surface area (Å²) in [5.74, 6) is -9.91.